The van der Waals surface area contributed by atoms with Gasteiger partial charge in [0.15, 0.2) is 0 Å². The first kappa shape index (κ1) is 10.4. The van der Waals surface area contributed by atoms with Gasteiger partial charge in [-0.1, -0.05) is 35.5 Å². The summed E-state index contributed by atoms with van der Waals surface area (Å²) in [5.74, 6) is 0.0970. The van der Waals surface area contributed by atoms with Crippen LogP contribution >= 0.6 is 0 Å². The summed E-state index contributed by atoms with van der Waals surface area (Å²) in [5.41, 5.74) is 1.08. The summed E-state index contributed by atoms with van der Waals surface area (Å²) in [4.78, 5) is 13.4. The molecule has 4 nitrogen and oxygen atoms in total. The van der Waals surface area contributed by atoms with Crippen LogP contribution in [0.5, 0.6) is 0 Å². The zero-order chi connectivity index (χ0) is 11.4. The maximum Gasteiger partial charge on any atom is 0.292 e. The number of benzene rings is 1. The van der Waals surface area contributed by atoms with E-state index in [1.54, 1.807) is 18.0 Å². The van der Waals surface area contributed by atoms with E-state index in [1.807, 2.05) is 30.3 Å². The molecular formula is C12H12N2O2. The molecule has 16 heavy (non-hydrogen) atoms. The minimum Gasteiger partial charge on any atom is -0.351 e. The number of amides is 1. The molecule has 1 aromatic carbocycles. The molecule has 0 unspecified atom stereocenters. The van der Waals surface area contributed by atoms with Gasteiger partial charge in [-0.3, -0.25) is 4.79 Å². The average molecular weight is 216 g/mol. The van der Waals surface area contributed by atoms with Crippen molar-refractivity contribution in [1.82, 2.24) is 10.1 Å². The van der Waals surface area contributed by atoms with Crippen LogP contribution < -0.4 is 0 Å². The predicted molar refractivity (Wildman–Crippen MR) is 58.7 cm³/mol. The van der Waals surface area contributed by atoms with Crippen LogP contribution in [-0.4, -0.2) is 23.0 Å². The summed E-state index contributed by atoms with van der Waals surface area (Å²) in [6.07, 6.45) is 1.46. The molecule has 82 valence electrons. The molecule has 0 saturated heterocycles. The largest absolute Gasteiger partial charge is 0.351 e. The maximum absolute atomic E-state index is 11.8. The van der Waals surface area contributed by atoms with E-state index in [0.29, 0.717) is 6.54 Å². The van der Waals surface area contributed by atoms with Crippen molar-refractivity contribution in [2.24, 2.45) is 0 Å². The second kappa shape index (κ2) is 4.61. The van der Waals surface area contributed by atoms with Crippen molar-refractivity contribution in [3.05, 3.63) is 53.9 Å². The second-order valence-corrected chi connectivity index (χ2v) is 3.52. The third kappa shape index (κ3) is 2.28. The lowest BCUT2D eigenvalue weighted by Crippen LogP contribution is -2.25. The zero-order valence-electron chi connectivity index (χ0n) is 8.96. The Morgan fingerprint density at radius 1 is 1.31 bits per heavy atom. The predicted octanol–water partition coefficient (Wildman–Crippen LogP) is 1.95. The molecule has 0 N–H and O–H groups in total. The molecule has 1 amide bonds. The van der Waals surface area contributed by atoms with Gasteiger partial charge in [0.2, 0.25) is 5.76 Å². The molecule has 0 aliphatic heterocycles. The first-order valence-corrected chi connectivity index (χ1v) is 4.97. The zero-order valence-corrected chi connectivity index (χ0v) is 8.96. The topological polar surface area (TPSA) is 46.3 Å². The molecule has 0 atom stereocenters. The number of carbonyl (C=O) groups excluding carboxylic acids is 1. The van der Waals surface area contributed by atoms with Crippen molar-refractivity contribution >= 4 is 5.91 Å². The van der Waals surface area contributed by atoms with Crippen LogP contribution in [0.25, 0.3) is 0 Å². The highest BCUT2D eigenvalue weighted by Gasteiger charge is 2.15. The first-order chi connectivity index (χ1) is 7.77. The summed E-state index contributed by atoms with van der Waals surface area (Å²) in [5, 5.41) is 3.51. The number of aromatic nitrogens is 1. The number of nitrogens with zero attached hydrogens (tertiary/aromatic N) is 2. The standard InChI is InChI=1S/C12H12N2O2/c1-14(9-10-5-3-2-4-6-10)12(15)11-7-8-13-16-11/h2-8H,9H2,1H3. The maximum atomic E-state index is 11.8. The molecule has 0 spiro atoms. The minimum absolute atomic E-state index is 0.165. The Morgan fingerprint density at radius 3 is 2.69 bits per heavy atom. The number of hydrogen-bond acceptors (Lipinski definition) is 3. The van der Waals surface area contributed by atoms with Crippen LogP contribution in [0.2, 0.25) is 0 Å². The molecule has 4 heteroatoms. The third-order valence-electron chi connectivity index (χ3n) is 2.26. The normalized spacial score (nSPS) is 10.1. The Bertz CT molecular complexity index is 451. The monoisotopic (exact) mass is 216 g/mol. The van der Waals surface area contributed by atoms with E-state index in [-0.39, 0.29) is 11.7 Å². The van der Waals surface area contributed by atoms with Crippen molar-refractivity contribution in [3.8, 4) is 0 Å². The number of rotatable bonds is 3. The Hall–Kier alpha value is -2.10. The molecule has 0 aliphatic rings. The molecule has 2 aromatic rings. The Balaban J connectivity index is 2.04. The summed E-state index contributed by atoms with van der Waals surface area (Å²) in [6.45, 7) is 0.556. The molecule has 1 heterocycles. The molecule has 0 fully saturated rings. The van der Waals surface area contributed by atoms with Crippen LogP contribution in [0.4, 0.5) is 0 Å². The third-order valence-corrected chi connectivity index (χ3v) is 2.26. The second-order valence-electron chi connectivity index (χ2n) is 3.52. The lowest BCUT2D eigenvalue weighted by atomic mass is 10.2. The van der Waals surface area contributed by atoms with Gasteiger partial charge >= 0.3 is 0 Å². The van der Waals surface area contributed by atoms with Crippen LogP contribution in [0.3, 0.4) is 0 Å². The fraction of sp³-hybridized carbons (Fsp3) is 0.167. The molecule has 0 radical (unpaired) electrons. The van der Waals surface area contributed by atoms with Crippen LogP contribution in [0, 0.1) is 0 Å². The molecular weight excluding hydrogens is 204 g/mol. The van der Waals surface area contributed by atoms with Gasteiger partial charge in [0.25, 0.3) is 5.91 Å². The highest BCUT2D eigenvalue weighted by molar-refractivity contribution is 5.91. The Labute approximate surface area is 93.5 Å². The van der Waals surface area contributed by atoms with Gasteiger partial charge in [0.05, 0.1) is 6.20 Å². The molecule has 0 aliphatic carbocycles. The summed E-state index contributed by atoms with van der Waals surface area (Å²) in [6, 6.07) is 11.4. The van der Waals surface area contributed by atoms with E-state index >= 15 is 0 Å². The number of hydrogen-bond donors (Lipinski definition) is 0. The fourth-order valence-corrected chi connectivity index (χ4v) is 1.44. The molecule has 0 bridgehead atoms. The number of carbonyl (C=O) groups is 1. The van der Waals surface area contributed by atoms with Crippen molar-refractivity contribution in [3.63, 3.8) is 0 Å². The Kier molecular flexibility index (Phi) is 3.00. The van der Waals surface area contributed by atoms with Gasteiger partial charge in [-0.2, -0.15) is 0 Å². The van der Waals surface area contributed by atoms with Crippen LogP contribution in [0.15, 0.2) is 47.1 Å². The van der Waals surface area contributed by atoms with E-state index in [4.69, 9.17) is 4.52 Å². The summed E-state index contributed by atoms with van der Waals surface area (Å²) in [7, 11) is 1.73. The van der Waals surface area contributed by atoms with Crippen LogP contribution in [-0.2, 0) is 6.54 Å². The highest BCUT2D eigenvalue weighted by Crippen LogP contribution is 2.07. The van der Waals surface area contributed by atoms with Crippen molar-refractivity contribution in [2.45, 2.75) is 6.54 Å². The quantitative estimate of drug-likeness (QED) is 0.787. The van der Waals surface area contributed by atoms with Gasteiger partial charge in [0, 0.05) is 19.7 Å². The van der Waals surface area contributed by atoms with Gasteiger partial charge in [-0.25, -0.2) is 0 Å². The first-order valence-electron chi connectivity index (χ1n) is 4.97. The van der Waals surface area contributed by atoms with E-state index in [1.165, 1.54) is 6.20 Å². The molecule has 1 aromatic heterocycles. The van der Waals surface area contributed by atoms with Gasteiger partial charge < -0.3 is 9.42 Å². The fourth-order valence-electron chi connectivity index (χ4n) is 1.44. The summed E-state index contributed by atoms with van der Waals surface area (Å²) >= 11 is 0. The van der Waals surface area contributed by atoms with Gasteiger partial charge in [-0.15, -0.1) is 0 Å². The van der Waals surface area contributed by atoms with E-state index in [2.05, 4.69) is 5.16 Å². The lowest BCUT2D eigenvalue weighted by Gasteiger charge is -2.15. The van der Waals surface area contributed by atoms with E-state index in [0.717, 1.165) is 5.56 Å². The van der Waals surface area contributed by atoms with Crippen molar-refractivity contribution < 1.29 is 9.32 Å². The van der Waals surface area contributed by atoms with Crippen LogP contribution in [0.1, 0.15) is 16.1 Å². The molecule has 0 saturated carbocycles. The van der Waals surface area contributed by atoms with Crippen molar-refractivity contribution in [2.75, 3.05) is 7.05 Å². The van der Waals surface area contributed by atoms with Gasteiger partial charge in [0.1, 0.15) is 0 Å². The molecule has 2 rings (SSSR count). The lowest BCUT2D eigenvalue weighted by molar-refractivity contribution is 0.0743. The van der Waals surface area contributed by atoms with E-state index < -0.39 is 0 Å². The SMILES string of the molecule is CN(Cc1ccccc1)C(=O)c1ccno1. The highest BCUT2D eigenvalue weighted by atomic mass is 16.5. The Morgan fingerprint density at radius 2 is 2.06 bits per heavy atom. The van der Waals surface area contributed by atoms with Gasteiger partial charge in [-0.05, 0) is 5.56 Å². The average Bonchev–Trinajstić information content (AvgIpc) is 2.83. The van der Waals surface area contributed by atoms with Crippen molar-refractivity contribution in [1.29, 1.82) is 0 Å². The smallest absolute Gasteiger partial charge is 0.292 e. The summed E-state index contributed by atoms with van der Waals surface area (Å²) < 4.78 is 4.81. The minimum atomic E-state index is -0.165. The van der Waals surface area contributed by atoms with E-state index in [9.17, 15) is 4.79 Å².